The van der Waals surface area contributed by atoms with E-state index in [1.54, 1.807) is 0 Å². The number of hydrogen-bond donors (Lipinski definition) is 1. The van der Waals surface area contributed by atoms with Crippen molar-refractivity contribution in [2.24, 2.45) is 11.8 Å². The highest BCUT2D eigenvalue weighted by Gasteiger charge is 2.46. The summed E-state index contributed by atoms with van der Waals surface area (Å²) in [7, 11) is 0. The number of likely N-dealkylation sites (tertiary alicyclic amines) is 1. The maximum atomic E-state index is 12.3. The van der Waals surface area contributed by atoms with Crippen molar-refractivity contribution in [1.82, 2.24) is 4.90 Å². The Morgan fingerprint density at radius 1 is 1.09 bits per heavy atom. The van der Waals surface area contributed by atoms with Gasteiger partial charge in [0.05, 0.1) is 11.8 Å². The third-order valence-electron chi connectivity index (χ3n) is 4.50. The lowest BCUT2D eigenvalue weighted by molar-refractivity contribution is -0.140. The van der Waals surface area contributed by atoms with Crippen LogP contribution in [-0.2, 0) is 14.4 Å². The van der Waals surface area contributed by atoms with E-state index in [1.807, 2.05) is 43.3 Å². The number of carbonyl (C=O) groups excluding carboxylic acids is 3. The van der Waals surface area contributed by atoms with Crippen LogP contribution in [0.2, 0.25) is 0 Å². The Balaban J connectivity index is 1.56. The number of imide groups is 1. The average molecular weight is 312 g/mol. The first-order valence-corrected chi connectivity index (χ1v) is 7.93. The molecule has 0 spiro atoms. The zero-order valence-corrected chi connectivity index (χ0v) is 13.1. The molecule has 1 N–H and O–H groups in total. The fourth-order valence-corrected chi connectivity index (χ4v) is 3.16. The maximum absolute atomic E-state index is 12.3. The van der Waals surface area contributed by atoms with Crippen LogP contribution >= 0.6 is 0 Å². The van der Waals surface area contributed by atoms with Crippen LogP contribution in [0.3, 0.4) is 0 Å². The van der Waals surface area contributed by atoms with Crippen molar-refractivity contribution in [3.05, 3.63) is 42.0 Å². The standard InChI is InChI=1S/C18H20N2O3/c1-12-6-8-13(9-7-12)19-16(21)10-11-20-17(22)14-4-2-3-5-15(14)18(20)23/h2-3,6-9,14-15H,4-5,10-11H2,1H3,(H,19,21). The number of aryl methyl sites for hydroxylation is 1. The van der Waals surface area contributed by atoms with E-state index in [1.165, 1.54) is 4.90 Å². The quantitative estimate of drug-likeness (QED) is 0.685. The topological polar surface area (TPSA) is 66.5 Å². The largest absolute Gasteiger partial charge is 0.326 e. The number of allylic oxidation sites excluding steroid dienone is 2. The summed E-state index contributed by atoms with van der Waals surface area (Å²) in [5.74, 6) is -0.914. The number of carbonyl (C=O) groups is 3. The van der Waals surface area contributed by atoms with Crippen molar-refractivity contribution in [2.75, 3.05) is 11.9 Å². The second kappa shape index (κ2) is 6.36. The lowest BCUT2D eigenvalue weighted by Gasteiger charge is -2.14. The van der Waals surface area contributed by atoms with Gasteiger partial charge in [0.2, 0.25) is 17.7 Å². The number of anilines is 1. The highest BCUT2D eigenvalue weighted by atomic mass is 16.2. The van der Waals surface area contributed by atoms with E-state index >= 15 is 0 Å². The minimum absolute atomic E-state index is 0.123. The van der Waals surface area contributed by atoms with Gasteiger partial charge in [-0.05, 0) is 31.9 Å². The van der Waals surface area contributed by atoms with Crippen LogP contribution in [-0.4, -0.2) is 29.2 Å². The Labute approximate surface area is 135 Å². The molecule has 2 atom stereocenters. The second-order valence-electron chi connectivity index (χ2n) is 6.15. The normalized spacial score (nSPS) is 23.1. The zero-order chi connectivity index (χ0) is 16.4. The molecule has 0 saturated carbocycles. The first-order chi connectivity index (χ1) is 11.1. The molecule has 1 aromatic rings. The van der Waals surface area contributed by atoms with Crippen molar-refractivity contribution in [1.29, 1.82) is 0 Å². The SMILES string of the molecule is Cc1ccc(NC(=O)CCN2C(=O)C3CC=CCC3C2=O)cc1. The second-order valence-corrected chi connectivity index (χ2v) is 6.15. The third kappa shape index (κ3) is 3.18. The number of fused-ring (bicyclic) bond motifs is 1. The molecule has 2 unspecified atom stereocenters. The van der Waals surface area contributed by atoms with Crippen molar-refractivity contribution in [3.8, 4) is 0 Å². The highest BCUT2D eigenvalue weighted by molar-refractivity contribution is 6.05. The van der Waals surface area contributed by atoms with E-state index in [0.29, 0.717) is 12.8 Å². The smallest absolute Gasteiger partial charge is 0.233 e. The van der Waals surface area contributed by atoms with Gasteiger partial charge in [0.1, 0.15) is 0 Å². The number of benzene rings is 1. The molecule has 1 aliphatic carbocycles. The molecule has 0 bridgehead atoms. The van der Waals surface area contributed by atoms with Gasteiger partial charge in [-0.25, -0.2) is 0 Å². The number of rotatable bonds is 4. The van der Waals surface area contributed by atoms with Crippen molar-refractivity contribution < 1.29 is 14.4 Å². The summed E-state index contributed by atoms with van der Waals surface area (Å²) in [5, 5.41) is 2.78. The Hall–Kier alpha value is -2.43. The van der Waals surface area contributed by atoms with Crippen LogP contribution < -0.4 is 5.32 Å². The maximum Gasteiger partial charge on any atom is 0.233 e. The molecule has 120 valence electrons. The van der Waals surface area contributed by atoms with Crippen LogP contribution in [0.5, 0.6) is 0 Å². The van der Waals surface area contributed by atoms with Crippen LogP contribution in [0.4, 0.5) is 5.69 Å². The summed E-state index contributed by atoms with van der Waals surface area (Å²) in [6.07, 6.45) is 5.29. The molecule has 23 heavy (non-hydrogen) atoms. The van der Waals surface area contributed by atoms with Gasteiger partial charge in [0, 0.05) is 18.7 Å². The molecular formula is C18H20N2O3. The molecule has 1 aromatic carbocycles. The number of nitrogens with zero attached hydrogens (tertiary/aromatic N) is 1. The van der Waals surface area contributed by atoms with E-state index in [0.717, 1.165) is 11.3 Å². The summed E-state index contributed by atoms with van der Waals surface area (Å²) in [4.78, 5) is 37.9. The summed E-state index contributed by atoms with van der Waals surface area (Å²) >= 11 is 0. The molecule has 5 nitrogen and oxygen atoms in total. The van der Waals surface area contributed by atoms with E-state index < -0.39 is 0 Å². The third-order valence-corrected chi connectivity index (χ3v) is 4.50. The first-order valence-electron chi connectivity index (χ1n) is 7.93. The average Bonchev–Trinajstić information content (AvgIpc) is 2.80. The number of amides is 3. The molecule has 3 amide bonds. The van der Waals surface area contributed by atoms with E-state index in [9.17, 15) is 14.4 Å². The Morgan fingerprint density at radius 3 is 2.22 bits per heavy atom. The summed E-state index contributed by atoms with van der Waals surface area (Å²) in [6.45, 7) is 2.13. The van der Waals surface area contributed by atoms with E-state index in [4.69, 9.17) is 0 Å². The molecule has 1 heterocycles. The zero-order valence-electron chi connectivity index (χ0n) is 13.1. The molecule has 0 aromatic heterocycles. The molecule has 3 rings (SSSR count). The lowest BCUT2D eigenvalue weighted by Crippen LogP contribution is -2.34. The lowest BCUT2D eigenvalue weighted by atomic mass is 9.85. The fraction of sp³-hybridized carbons (Fsp3) is 0.389. The Kier molecular flexibility index (Phi) is 4.28. The van der Waals surface area contributed by atoms with E-state index in [2.05, 4.69) is 5.32 Å². The van der Waals surface area contributed by atoms with Gasteiger partial charge in [0.25, 0.3) is 0 Å². The van der Waals surface area contributed by atoms with Gasteiger partial charge in [0.15, 0.2) is 0 Å². The van der Waals surface area contributed by atoms with E-state index in [-0.39, 0.29) is 42.5 Å². The summed E-state index contributed by atoms with van der Waals surface area (Å²) in [5.41, 5.74) is 1.84. The molecule has 5 heteroatoms. The first kappa shape index (κ1) is 15.5. The monoisotopic (exact) mass is 312 g/mol. The molecule has 1 aliphatic heterocycles. The predicted octanol–water partition coefficient (Wildman–Crippen LogP) is 2.27. The van der Waals surface area contributed by atoms with Gasteiger partial charge in [-0.1, -0.05) is 29.8 Å². The van der Waals surface area contributed by atoms with Gasteiger partial charge in [-0.3, -0.25) is 19.3 Å². The molecule has 0 radical (unpaired) electrons. The molecule has 1 saturated heterocycles. The summed E-state index contributed by atoms with van der Waals surface area (Å²) < 4.78 is 0. The van der Waals surface area contributed by atoms with Crippen LogP contribution in [0, 0.1) is 18.8 Å². The van der Waals surface area contributed by atoms with Crippen LogP contribution in [0.25, 0.3) is 0 Å². The predicted molar refractivity (Wildman–Crippen MR) is 86.5 cm³/mol. The van der Waals surface area contributed by atoms with Crippen molar-refractivity contribution >= 4 is 23.4 Å². The highest BCUT2D eigenvalue weighted by Crippen LogP contribution is 2.34. The number of nitrogens with one attached hydrogen (secondary N) is 1. The van der Waals surface area contributed by atoms with Gasteiger partial charge in [-0.2, -0.15) is 0 Å². The van der Waals surface area contributed by atoms with Crippen LogP contribution in [0.1, 0.15) is 24.8 Å². The van der Waals surface area contributed by atoms with Gasteiger partial charge in [-0.15, -0.1) is 0 Å². The molecular weight excluding hydrogens is 292 g/mol. The van der Waals surface area contributed by atoms with Gasteiger partial charge < -0.3 is 5.32 Å². The van der Waals surface area contributed by atoms with Crippen molar-refractivity contribution in [2.45, 2.75) is 26.2 Å². The summed E-state index contributed by atoms with van der Waals surface area (Å²) in [6, 6.07) is 7.50. The van der Waals surface area contributed by atoms with Crippen LogP contribution in [0.15, 0.2) is 36.4 Å². The fourth-order valence-electron chi connectivity index (χ4n) is 3.16. The number of hydrogen-bond acceptors (Lipinski definition) is 3. The Bertz CT molecular complexity index is 637. The minimum atomic E-state index is -0.229. The Morgan fingerprint density at radius 2 is 1.65 bits per heavy atom. The molecule has 1 fully saturated rings. The minimum Gasteiger partial charge on any atom is -0.326 e. The molecule has 2 aliphatic rings. The van der Waals surface area contributed by atoms with Crippen molar-refractivity contribution in [3.63, 3.8) is 0 Å². The van der Waals surface area contributed by atoms with Gasteiger partial charge >= 0.3 is 0 Å².